The molecule has 0 unspecified atom stereocenters. The van der Waals surface area contributed by atoms with E-state index in [0.717, 1.165) is 13.0 Å². The number of nitrogens with one attached hydrogen (secondary N) is 1. The summed E-state index contributed by atoms with van der Waals surface area (Å²) in [5.74, 6) is -0.0861. The number of benzene rings is 1. The molecule has 1 amide bonds. The summed E-state index contributed by atoms with van der Waals surface area (Å²) in [7, 11) is 0. The second-order valence-electron chi connectivity index (χ2n) is 6.14. The lowest BCUT2D eigenvalue weighted by atomic mass is 10.1. The molecule has 0 atom stereocenters. The number of carbonyl (C=O) groups is 1. The third-order valence-electron chi connectivity index (χ3n) is 4.38. The third kappa shape index (κ3) is 4.38. The summed E-state index contributed by atoms with van der Waals surface area (Å²) < 4.78 is 1.51. The van der Waals surface area contributed by atoms with Crippen molar-refractivity contribution < 1.29 is 4.79 Å². The number of carbonyl (C=O) groups excluding carboxylic acids is 1. The van der Waals surface area contributed by atoms with Gasteiger partial charge < -0.3 is 10.2 Å². The molecule has 0 radical (unpaired) electrons. The molecule has 1 fully saturated rings. The minimum Gasteiger partial charge on any atom is -0.352 e. The molecular weight excluding hydrogens is 304 g/mol. The minimum absolute atomic E-state index is 0.0861. The van der Waals surface area contributed by atoms with Gasteiger partial charge >= 0.3 is 0 Å². The van der Waals surface area contributed by atoms with E-state index in [-0.39, 0.29) is 5.91 Å². The van der Waals surface area contributed by atoms with Crippen LogP contribution in [0, 0.1) is 0 Å². The van der Waals surface area contributed by atoms with Crippen LogP contribution in [0.15, 0.2) is 30.6 Å². The molecule has 1 aromatic carbocycles. The maximum absolute atomic E-state index is 12.5. The predicted molar refractivity (Wildman–Crippen MR) is 91.0 cm³/mol. The first-order valence-corrected chi connectivity index (χ1v) is 8.67. The molecule has 128 valence electrons. The molecule has 1 aliphatic rings. The Morgan fingerprint density at radius 2 is 1.92 bits per heavy atom. The lowest BCUT2D eigenvalue weighted by molar-refractivity contribution is 0.0951. The number of tetrazole rings is 1. The molecule has 2 heterocycles. The second-order valence-corrected chi connectivity index (χ2v) is 6.14. The van der Waals surface area contributed by atoms with E-state index in [0.29, 0.717) is 17.8 Å². The number of rotatable bonds is 6. The molecular formula is C17H24N6O. The number of amides is 1. The minimum atomic E-state index is -0.0861. The Labute approximate surface area is 142 Å². The van der Waals surface area contributed by atoms with Crippen molar-refractivity contribution >= 4 is 5.91 Å². The van der Waals surface area contributed by atoms with Gasteiger partial charge in [-0.25, -0.2) is 0 Å². The highest BCUT2D eigenvalue weighted by Gasteiger charge is 2.13. The summed E-state index contributed by atoms with van der Waals surface area (Å²) in [4.78, 5) is 15.0. The highest BCUT2D eigenvalue weighted by molar-refractivity contribution is 5.97. The monoisotopic (exact) mass is 328 g/mol. The van der Waals surface area contributed by atoms with Crippen LogP contribution in [0.25, 0.3) is 5.69 Å². The van der Waals surface area contributed by atoms with Crippen molar-refractivity contribution in [2.75, 3.05) is 26.2 Å². The van der Waals surface area contributed by atoms with Gasteiger partial charge in [0.05, 0.1) is 11.3 Å². The average molecular weight is 328 g/mol. The zero-order valence-electron chi connectivity index (χ0n) is 13.9. The summed E-state index contributed by atoms with van der Waals surface area (Å²) in [5, 5.41) is 14.1. The summed E-state index contributed by atoms with van der Waals surface area (Å²) in [5.41, 5.74) is 1.27. The van der Waals surface area contributed by atoms with Crippen molar-refractivity contribution in [3.05, 3.63) is 36.2 Å². The molecule has 1 aromatic heterocycles. The number of aromatic nitrogens is 4. The number of hydrogen-bond acceptors (Lipinski definition) is 5. The van der Waals surface area contributed by atoms with Gasteiger partial charge in [0.25, 0.3) is 5.91 Å². The van der Waals surface area contributed by atoms with Crippen LogP contribution in [0.1, 0.15) is 42.5 Å². The van der Waals surface area contributed by atoms with Crippen LogP contribution in [-0.4, -0.2) is 57.2 Å². The maximum atomic E-state index is 12.5. The average Bonchev–Trinajstić information content (AvgIpc) is 3.03. The van der Waals surface area contributed by atoms with Crippen LogP contribution in [0.2, 0.25) is 0 Å². The standard InChI is InChI=1S/C17H24N6O/c24-17(18-10-7-13-22-11-5-1-2-6-12-22)15-8-3-4-9-16(15)23-14-19-20-21-23/h3-4,8-9,14H,1-2,5-7,10-13H2,(H,18,24). The predicted octanol–water partition coefficient (Wildman–Crippen LogP) is 1.66. The van der Waals surface area contributed by atoms with Gasteiger partial charge in [0, 0.05) is 6.54 Å². The largest absolute Gasteiger partial charge is 0.352 e. The van der Waals surface area contributed by atoms with Gasteiger partial charge in [-0.05, 0) is 61.5 Å². The van der Waals surface area contributed by atoms with Crippen LogP contribution in [0.5, 0.6) is 0 Å². The SMILES string of the molecule is O=C(NCCCN1CCCCCC1)c1ccccc1-n1cnnn1. The lowest BCUT2D eigenvalue weighted by Crippen LogP contribution is -2.31. The van der Waals surface area contributed by atoms with Gasteiger partial charge in [0.15, 0.2) is 0 Å². The van der Waals surface area contributed by atoms with Crippen molar-refractivity contribution in [3.63, 3.8) is 0 Å². The lowest BCUT2D eigenvalue weighted by Gasteiger charge is -2.19. The quantitative estimate of drug-likeness (QED) is 0.816. The van der Waals surface area contributed by atoms with E-state index in [1.807, 2.05) is 18.2 Å². The maximum Gasteiger partial charge on any atom is 0.253 e. The van der Waals surface area contributed by atoms with Gasteiger partial charge in [-0.3, -0.25) is 4.79 Å². The summed E-state index contributed by atoms with van der Waals surface area (Å²) in [6.07, 6.45) is 7.75. The topological polar surface area (TPSA) is 75.9 Å². The van der Waals surface area contributed by atoms with Crippen molar-refractivity contribution in [3.8, 4) is 5.69 Å². The Morgan fingerprint density at radius 1 is 1.12 bits per heavy atom. The first-order valence-electron chi connectivity index (χ1n) is 8.67. The van der Waals surface area contributed by atoms with Crippen LogP contribution in [-0.2, 0) is 0 Å². The third-order valence-corrected chi connectivity index (χ3v) is 4.38. The molecule has 2 aromatic rings. The van der Waals surface area contributed by atoms with Gasteiger partial charge in [0.2, 0.25) is 0 Å². The van der Waals surface area contributed by atoms with Crippen LogP contribution < -0.4 is 5.32 Å². The van der Waals surface area contributed by atoms with Crippen molar-refractivity contribution in [1.29, 1.82) is 0 Å². The van der Waals surface area contributed by atoms with Crippen LogP contribution in [0.4, 0.5) is 0 Å². The number of nitrogens with zero attached hydrogens (tertiary/aromatic N) is 5. The van der Waals surface area contributed by atoms with E-state index >= 15 is 0 Å². The molecule has 24 heavy (non-hydrogen) atoms. The molecule has 7 nitrogen and oxygen atoms in total. The Balaban J connectivity index is 1.50. The highest BCUT2D eigenvalue weighted by Crippen LogP contribution is 2.13. The molecule has 0 aliphatic carbocycles. The van der Waals surface area contributed by atoms with E-state index in [4.69, 9.17) is 0 Å². The van der Waals surface area contributed by atoms with Gasteiger partial charge in [-0.1, -0.05) is 25.0 Å². The zero-order chi connectivity index (χ0) is 16.6. The summed E-state index contributed by atoms with van der Waals surface area (Å²) in [6.45, 7) is 4.11. The van der Waals surface area contributed by atoms with Crippen molar-refractivity contribution in [2.45, 2.75) is 32.1 Å². The first-order chi connectivity index (χ1) is 11.8. The van der Waals surface area contributed by atoms with E-state index < -0.39 is 0 Å². The van der Waals surface area contributed by atoms with E-state index in [1.54, 1.807) is 6.07 Å². The zero-order valence-corrected chi connectivity index (χ0v) is 13.9. The smallest absolute Gasteiger partial charge is 0.253 e. The van der Waals surface area contributed by atoms with Crippen LogP contribution in [0.3, 0.4) is 0 Å². The summed E-state index contributed by atoms with van der Waals surface area (Å²) >= 11 is 0. The molecule has 0 bridgehead atoms. The second kappa shape index (κ2) is 8.54. The molecule has 0 saturated carbocycles. The Bertz CT molecular complexity index is 634. The molecule has 3 rings (SSSR count). The fraction of sp³-hybridized carbons (Fsp3) is 0.529. The normalized spacial score (nSPS) is 15.8. The number of hydrogen-bond donors (Lipinski definition) is 1. The van der Waals surface area contributed by atoms with E-state index in [9.17, 15) is 4.79 Å². The van der Waals surface area contributed by atoms with Gasteiger partial charge in [-0.2, -0.15) is 4.68 Å². The Morgan fingerprint density at radius 3 is 2.67 bits per heavy atom. The molecule has 1 saturated heterocycles. The fourth-order valence-corrected chi connectivity index (χ4v) is 3.10. The number of para-hydroxylation sites is 1. The summed E-state index contributed by atoms with van der Waals surface area (Å²) in [6, 6.07) is 7.34. The van der Waals surface area contributed by atoms with E-state index in [2.05, 4.69) is 25.7 Å². The molecule has 7 heteroatoms. The Kier molecular flexibility index (Phi) is 5.90. The van der Waals surface area contributed by atoms with Crippen molar-refractivity contribution in [2.24, 2.45) is 0 Å². The molecule has 0 spiro atoms. The first kappa shape index (κ1) is 16.6. The molecule has 1 N–H and O–H groups in total. The number of likely N-dealkylation sites (tertiary alicyclic amines) is 1. The van der Waals surface area contributed by atoms with Crippen LogP contribution >= 0.6 is 0 Å². The fourth-order valence-electron chi connectivity index (χ4n) is 3.10. The van der Waals surface area contributed by atoms with Gasteiger partial charge in [0.1, 0.15) is 6.33 Å². The highest BCUT2D eigenvalue weighted by atomic mass is 16.1. The van der Waals surface area contributed by atoms with Gasteiger partial charge in [-0.15, -0.1) is 5.10 Å². The Hall–Kier alpha value is -2.28. The molecule has 1 aliphatic heterocycles. The van der Waals surface area contributed by atoms with E-state index in [1.165, 1.54) is 49.8 Å². The van der Waals surface area contributed by atoms with Crippen molar-refractivity contribution in [1.82, 2.24) is 30.4 Å².